The van der Waals surface area contributed by atoms with Crippen molar-refractivity contribution >= 4 is 74.1 Å². The van der Waals surface area contributed by atoms with Crippen molar-refractivity contribution in [3.05, 3.63) is 158 Å². The largest absolute Gasteiger partial charge is 0.436 e. The van der Waals surface area contributed by atoms with E-state index in [4.69, 9.17) is 24.4 Å². The fourth-order valence-electron chi connectivity index (χ4n) is 7.36. The third kappa shape index (κ3) is 4.97. The Morgan fingerprint density at radius 1 is 0.396 bits per heavy atom. The average molecular weight is 715 g/mol. The van der Waals surface area contributed by atoms with Crippen LogP contribution in [-0.4, -0.2) is 19.9 Å². The van der Waals surface area contributed by atoms with Crippen LogP contribution in [0.1, 0.15) is 0 Å². The predicted molar refractivity (Wildman–Crippen MR) is 220 cm³/mol. The molecule has 0 unspecified atom stereocenters. The van der Waals surface area contributed by atoms with Gasteiger partial charge in [-0.05, 0) is 53.6 Å². The minimum atomic E-state index is 0.595. The first-order valence-electron chi connectivity index (χ1n) is 17.4. The Bertz CT molecular complexity index is 3160. The lowest BCUT2D eigenvalue weighted by atomic mass is 10.00. The van der Waals surface area contributed by atoms with Crippen molar-refractivity contribution in [3.63, 3.8) is 0 Å². The van der Waals surface area contributed by atoms with E-state index in [0.717, 1.165) is 59.1 Å². The van der Waals surface area contributed by atoms with Crippen LogP contribution < -0.4 is 0 Å². The maximum atomic E-state index is 6.32. The molecule has 0 fully saturated rings. The molecule has 11 aromatic rings. The van der Waals surface area contributed by atoms with Gasteiger partial charge in [0.25, 0.3) is 0 Å². The van der Waals surface area contributed by atoms with Gasteiger partial charge in [0.15, 0.2) is 23.1 Å². The summed E-state index contributed by atoms with van der Waals surface area (Å²) in [4.78, 5) is 20.4. The number of oxazole rings is 1. The Hall–Kier alpha value is -6.54. The van der Waals surface area contributed by atoms with E-state index in [1.807, 2.05) is 65.9 Å². The molecule has 7 heteroatoms. The Morgan fingerprint density at radius 2 is 1.00 bits per heavy atom. The number of benzene rings is 7. The van der Waals surface area contributed by atoms with Crippen LogP contribution in [0.3, 0.4) is 0 Å². The monoisotopic (exact) mass is 714 g/mol. The van der Waals surface area contributed by atoms with Crippen LogP contribution in [0.25, 0.3) is 108 Å². The minimum Gasteiger partial charge on any atom is -0.436 e. The summed E-state index contributed by atoms with van der Waals surface area (Å²) in [5, 5.41) is 4.72. The van der Waals surface area contributed by atoms with Crippen LogP contribution in [0.4, 0.5) is 0 Å². The van der Waals surface area contributed by atoms with Crippen LogP contribution in [0.2, 0.25) is 0 Å². The SMILES string of the molecule is c1ccc(-c2nc(-c3cccc(-c4cccc5c4sc4ccccc45)c3)nc(-c3cccc4sc5cccc(-c6nc7ccccc7o6)c5c34)n2)cc1. The van der Waals surface area contributed by atoms with Gasteiger partial charge in [-0.1, -0.05) is 115 Å². The summed E-state index contributed by atoms with van der Waals surface area (Å²) in [6.45, 7) is 0. The van der Waals surface area contributed by atoms with E-state index >= 15 is 0 Å². The van der Waals surface area contributed by atoms with E-state index in [0.29, 0.717) is 23.4 Å². The summed E-state index contributed by atoms with van der Waals surface area (Å²) in [5.74, 6) is 2.45. The molecule has 0 amide bonds. The van der Waals surface area contributed by atoms with E-state index in [1.165, 1.54) is 25.7 Å². The van der Waals surface area contributed by atoms with Crippen LogP contribution in [0.5, 0.6) is 0 Å². The topological polar surface area (TPSA) is 64.7 Å². The van der Waals surface area contributed by atoms with Gasteiger partial charge >= 0.3 is 0 Å². The number of para-hydroxylation sites is 2. The van der Waals surface area contributed by atoms with Crippen molar-refractivity contribution in [2.75, 3.05) is 0 Å². The number of rotatable bonds is 5. The minimum absolute atomic E-state index is 0.595. The van der Waals surface area contributed by atoms with Crippen molar-refractivity contribution in [1.29, 1.82) is 0 Å². The molecule has 0 aliphatic carbocycles. The quantitative estimate of drug-likeness (QED) is 0.178. The molecule has 0 bridgehead atoms. The average Bonchev–Trinajstić information content (AvgIpc) is 3.94. The number of fused-ring (bicyclic) bond motifs is 7. The fraction of sp³-hybridized carbons (Fsp3) is 0. The maximum Gasteiger partial charge on any atom is 0.227 e. The molecule has 0 N–H and O–H groups in total. The molecule has 0 spiro atoms. The molecule has 11 rings (SSSR count). The predicted octanol–water partition coefficient (Wildman–Crippen LogP) is 13.1. The van der Waals surface area contributed by atoms with Gasteiger partial charge in [-0.15, -0.1) is 22.7 Å². The van der Waals surface area contributed by atoms with E-state index in [-0.39, 0.29) is 0 Å². The van der Waals surface area contributed by atoms with Crippen molar-refractivity contribution in [1.82, 2.24) is 19.9 Å². The molecular weight excluding hydrogens is 689 g/mol. The van der Waals surface area contributed by atoms with Crippen molar-refractivity contribution in [2.24, 2.45) is 0 Å². The molecule has 7 aromatic carbocycles. The maximum absolute atomic E-state index is 6.32. The molecule has 4 aromatic heterocycles. The summed E-state index contributed by atoms with van der Waals surface area (Å²) in [6, 6.07) is 54.5. The lowest BCUT2D eigenvalue weighted by Crippen LogP contribution is -2.00. The second-order valence-corrected chi connectivity index (χ2v) is 15.1. The highest BCUT2D eigenvalue weighted by Crippen LogP contribution is 2.45. The summed E-state index contributed by atoms with van der Waals surface area (Å²) in [5.41, 5.74) is 7.65. The molecule has 0 radical (unpaired) electrons. The first-order chi connectivity index (χ1) is 26.2. The summed E-state index contributed by atoms with van der Waals surface area (Å²) in [7, 11) is 0. The zero-order chi connectivity index (χ0) is 34.9. The van der Waals surface area contributed by atoms with Crippen LogP contribution >= 0.6 is 22.7 Å². The third-order valence-electron chi connectivity index (χ3n) is 9.79. The Kier molecular flexibility index (Phi) is 6.83. The molecule has 0 saturated heterocycles. The zero-order valence-corrected chi connectivity index (χ0v) is 29.7. The summed E-state index contributed by atoms with van der Waals surface area (Å²) >= 11 is 3.59. The number of nitrogens with zero attached hydrogens (tertiary/aromatic N) is 4. The van der Waals surface area contributed by atoms with Gasteiger partial charge in [0.1, 0.15) is 5.52 Å². The number of hydrogen-bond donors (Lipinski definition) is 0. The highest BCUT2D eigenvalue weighted by Gasteiger charge is 2.21. The van der Waals surface area contributed by atoms with Gasteiger partial charge in [0.05, 0.1) is 0 Å². The smallest absolute Gasteiger partial charge is 0.227 e. The van der Waals surface area contributed by atoms with E-state index < -0.39 is 0 Å². The van der Waals surface area contributed by atoms with E-state index in [9.17, 15) is 0 Å². The molecule has 53 heavy (non-hydrogen) atoms. The van der Waals surface area contributed by atoms with Gasteiger partial charge < -0.3 is 4.42 Å². The van der Waals surface area contributed by atoms with Gasteiger partial charge in [0, 0.05) is 62.6 Å². The summed E-state index contributed by atoms with van der Waals surface area (Å²) in [6.07, 6.45) is 0. The van der Waals surface area contributed by atoms with Crippen molar-refractivity contribution in [3.8, 4) is 56.7 Å². The molecule has 0 atom stereocenters. The lowest BCUT2D eigenvalue weighted by molar-refractivity contribution is 0.620. The normalized spacial score (nSPS) is 11.8. The Morgan fingerprint density at radius 3 is 1.87 bits per heavy atom. The molecule has 0 aliphatic rings. The number of aromatic nitrogens is 4. The van der Waals surface area contributed by atoms with Gasteiger partial charge in [-0.3, -0.25) is 0 Å². The number of hydrogen-bond acceptors (Lipinski definition) is 7. The molecule has 0 aliphatic heterocycles. The Balaban J connectivity index is 1.12. The highest BCUT2D eigenvalue weighted by atomic mass is 32.1. The molecule has 248 valence electrons. The second kappa shape index (κ2) is 12.0. The van der Waals surface area contributed by atoms with E-state index in [2.05, 4.69) is 103 Å². The van der Waals surface area contributed by atoms with Crippen LogP contribution in [-0.2, 0) is 0 Å². The third-order valence-corrected chi connectivity index (χ3v) is 12.1. The van der Waals surface area contributed by atoms with E-state index in [1.54, 1.807) is 11.3 Å². The van der Waals surface area contributed by atoms with Crippen molar-refractivity contribution in [2.45, 2.75) is 0 Å². The summed E-state index contributed by atoms with van der Waals surface area (Å²) < 4.78 is 11.2. The van der Waals surface area contributed by atoms with Gasteiger partial charge in [-0.2, -0.15) is 0 Å². The van der Waals surface area contributed by atoms with Gasteiger partial charge in [-0.25, -0.2) is 19.9 Å². The Labute approximate surface area is 311 Å². The van der Waals surface area contributed by atoms with Crippen LogP contribution in [0, 0.1) is 0 Å². The fourth-order valence-corrected chi connectivity index (χ4v) is 9.76. The molecule has 5 nitrogen and oxygen atoms in total. The van der Waals surface area contributed by atoms with Crippen LogP contribution in [0.15, 0.2) is 162 Å². The van der Waals surface area contributed by atoms with Crippen molar-refractivity contribution < 1.29 is 4.42 Å². The lowest BCUT2D eigenvalue weighted by Gasteiger charge is -2.11. The standard InChI is InChI=1S/C46H26N4OS2/c1-2-12-27(13-3-1)43-48-44(29-15-8-14-28(26-29)30-17-9-18-32-31-16-4-7-23-37(31)53-42(30)32)50-45(49-43)33-19-10-24-38-40(33)41-34(20-11-25-39(41)52-38)46-47-35-21-5-6-22-36(35)51-46/h1-26H. The first kappa shape index (κ1) is 30.1. The number of thiophene rings is 2. The molecule has 0 saturated carbocycles. The van der Waals surface area contributed by atoms with Gasteiger partial charge in [0.2, 0.25) is 5.89 Å². The zero-order valence-electron chi connectivity index (χ0n) is 28.0. The second-order valence-electron chi connectivity index (χ2n) is 13.0. The highest BCUT2D eigenvalue weighted by molar-refractivity contribution is 7.26. The molecule has 4 heterocycles. The first-order valence-corrected chi connectivity index (χ1v) is 19.0. The molecular formula is C46H26N4OS2.